The van der Waals surface area contributed by atoms with Gasteiger partial charge in [0.15, 0.2) is 0 Å². The molecule has 1 heterocycles. The van der Waals surface area contributed by atoms with Crippen LogP contribution in [-0.2, 0) is 10.0 Å². The molecular formula is C14H26N2O2S2. The Morgan fingerprint density at radius 2 is 1.75 bits per heavy atom. The monoisotopic (exact) mass is 318 g/mol. The van der Waals surface area contributed by atoms with Gasteiger partial charge in [-0.1, -0.05) is 38.4 Å². The second kappa shape index (κ2) is 6.28. The van der Waals surface area contributed by atoms with E-state index in [-0.39, 0.29) is 4.99 Å². The minimum atomic E-state index is -3.36. The Bertz CT molecular complexity index is 446. The minimum absolute atomic E-state index is 0.102. The van der Waals surface area contributed by atoms with Crippen LogP contribution in [-0.4, -0.2) is 36.1 Å². The topological polar surface area (TPSA) is 63.4 Å². The summed E-state index contributed by atoms with van der Waals surface area (Å²) < 4.78 is 26.8. The molecule has 1 atom stereocenters. The van der Waals surface area contributed by atoms with Crippen molar-refractivity contribution in [2.75, 3.05) is 13.1 Å². The number of nitrogens with zero attached hydrogens (tertiary/aromatic N) is 1. The molecule has 0 aromatic carbocycles. The van der Waals surface area contributed by atoms with Crippen LogP contribution in [0.5, 0.6) is 0 Å². The lowest BCUT2D eigenvalue weighted by Gasteiger charge is -2.44. The lowest BCUT2D eigenvalue weighted by Crippen LogP contribution is -2.49. The van der Waals surface area contributed by atoms with Crippen LogP contribution in [0.4, 0.5) is 0 Å². The fourth-order valence-electron chi connectivity index (χ4n) is 3.76. The summed E-state index contributed by atoms with van der Waals surface area (Å²) in [5.41, 5.74) is 6.01. The number of piperidine rings is 1. The summed E-state index contributed by atoms with van der Waals surface area (Å²) in [5, 5.41) is -0.696. The zero-order valence-electron chi connectivity index (χ0n) is 12.3. The Kier molecular flexibility index (Phi) is 5.08. The average Bonchev–Trinajstić information content (AvgIpc) is 2.40. The molecule has 1 saturated carbocycles. The molecule has 6 heteroatoms. The molecule has 1 aliphatic heterocycles. The highest BCUT2D eigenvalue weighted by Crippen LogP contribution is 2.45. The van der Waals surface area contributed by atoms with Crippen molar-refractivity contribution in [2.45, 2.75) is 63.5 Å². The third kappa shape index (κ3) is 3.17. The first-order chi connectivity index (χ1) is 9.41. The van der Waals surface area contributed by atoms with Gasteiger partial charge in [-0.2, -0.15) is 0 Å². The molecule has 0 bridgehead atoms. The number of sulfonamides is 1. The highest BCUT2D eigenvalue weighted by atomic mass is 32.2. The van der Waals surface area contributed by atoms with Gasteiger partial charge in [0.05, 0.1) is 4.99 Å². The summed E-state index contributed by atoms with van der Waals surface area (Å²) in [7, 11) is -3.36. The number of hydrogen-bond acceptors (Lipinski definition) is 3. The Hall–Kier alpha value is -0.200. The zero-order valence-corrected chi connectivity index (χ0v) is 13.9. The predicted octanol–water partition coefficient (Wildman–Crippen LogP) is 2.43. The SMILES string of the molecule is CCC(C(N)=S)S(=O)(=O)N1CCC2(CCCCC2)CC1. The van der Waals surface area contributed by atoms with Crippen LogP contribution in [0, 0.1) is 5.41 Å². The molecule has 1 saturated heterocycles. The number of rotatable bonds is 4. The van der Waals surface area contributed by atoms with Gasteiger partial charge in [0.2, 0.25) is 10.0 Å². The van der Waals surface area contributed by atoms with E-state index in [2.05, 4.69) is 0 Å². The second-order valence-corrected chi connectivity index (χ2v) is 8.89. The molecule has 1 unspecified atom stereocenters. The van der Waals surface area contributed by atoms with E-state index in [4.69, 9.17) is 18.0 Å². The molecule has 2 aliphatic rings. The van der Waals surface area contributed by atoms with Gasteiger partial charge in [-0.25, -0.2) is 12.7 Å². The van der Waals surface area contributed by atoms with Crippen molar-refractivity contribution in [3.05, 3.63) is 0 Å². The van der Waals surface area contributed by atoms with Crippen molar-refractivity contribution in [3.63, 3.8) is 0 Å². The third-order valence-electron chi connectivity index (χ3n) is 5.10. The Balaban J connectivity index is 2.04. The fraction of sp³-hybridized carbons (Fsp3) is 0.929. The summed E-state index contributed by atoms with van der Waals surface area (Å²) in [4.78, 5) is 0.102. The molecule has 0 amide bonds. The first-order valence-corrected chi connectivity index (χ1v) is 9.61. The lowest BCUT2D eigenvalue weighted by molar-refractivity contribution is 0.102. The maximum Gasteiger partial charge on any atom is 0.223 e. The van der Waals surface area contributed by atoms with Crippen LogP contribution in [0.1, 0.15) is 58.3 Å². The maximum absolute atomic E-state index is 12.6. The Labute approximate surface area is 128 Å². The van der Waals surface area contributed by atoms with Gasteiger partial charge in [-0.15, -0.1) is 0 Å². The largest absolute Gasteiger partial charge is 0.392 e. The first kappa shape index (κ1) is 16.2. The Morgan fingerprint density at radius 3 is 2.20 bits per heavy atom. The van der Waals surface area contributed by atoms with Crippen LogP contribution in [0.2, 0.25) is 0 Å². The van der Waals surface area contributed by atoms with E-state index >= 15 is 0 Å². The molecule has 1 spiro atoms. The molecule has 2 fully saturated rings. The molecule has 0 radical (unpaired) electrons. The van der Waals surface area contributed by atoms with E-state index in [1.165, 1.54) is 32.1 Å². The van der Waals surface area contributed by atoms with Gasteiger partial charge >= 0.3 is 0 Å². The summed E-state index contributed by atoms with van der Waals surface area (Å²) in [6.07, 6.45) is 8.94. The molecule has 20 heavy (non-hydrogen) atoms. The summed E-state index contributed by atoms with van der Waals surface area (Å²) in [6, 6.07) is 0. The van der Waals surface area contributed by atoms with Crippen molar-refractivity contribution < 1.29 is 8.42 Å². The van der Waals surface area contributed by atoms with Gasteiger partial charge in [-0.05, 0) is 37.5 Å². The van der Waals surface area contributed by atoms with Crippen molar-refractivity contribution >= 4 is 27.2 Å². The van der Waals surface area contributed by atoms with E-state index in [9.17, 15) is 8.42 Å². The number of nitrogens with two attached hydrogens (primary N) is 1. The highest BCUT2D eigenvalue weighted by molar-refractivity contribution is 7.92. The lowest BCUT2D eigenvalue weighted by atomic mass is 9.68. The van der Waals surface area contributed by atoms with E-state index in [1.807, 2.05) is 6.92 Å². The van der Waals surface area contributed by atoms with Crippen molar-refractivity contribution in [2.24, 2.45) is 11.1 Å². The van der Waals surface area contributed by atoms with Crippen LogP contribution in [0.3, 0.4) is 0 Å². The van der Waals surface area contributed by atoms with E-state index in [0.29, 0.717) is 24.9 Å². The maximum atomic E-state index is 12.6. The average molecular weight is 319 g/mol. The third-order valence-corrected chi connectivity index (χ3v) is 7.93. The van der Waals surface area contributed by atoms with Gasteiger partial charge in [-0.3, -0.25) is 0 Å². The van der Waals surface area contributed by atoms with Gasteiger partial charge in [0.1, 0.15) is 5.25 Å². The van der Waals surface area contributed by atoms with Crippen LogP contribution in [0.15, 0.2) is 0 Å². The number of hydrogen-bond donors (Lipinski definition) is 1. The fourth-order valence-corrected chi connectivity index (χ4v) is 6.05. The molecule has 1 aliphatic carbocycles. The van der Waals surface area contributed by atoms with Crippen LogP contribution < -0.4 is 5.73 Å². The van der Waals surface area contributed by atoms with E-state index in [0.717, 1.165) is 12.8 Å². The zero-order chi connectivity index (χ0) is 14.8. The standard InChI is InChI=1S/C14H26N2O2S2/c1-2-12(13(15)19)20(17,18)16-10-8-14(9-11-16)6-4-3-5-7-14/h12H,2-11H2,1H3,(H2,15,19). The van der Waals surface area contributed by atoms with Gasteiger partial charge < -0.3 is 5.73 Å². The van der Waals surface area contributed by atoms with Crippen molar-refractivity contribution in [1.82, 2.24) is 4.31 Å². The molecule has 0 aromatic heterocycles. The first-order valence-electron chi connectivity index (χ1n) is 7.70. The molecule has 4 nitrogen and oxygen atoms in total. The second-order valence-electron chi connectivity index (χ2n) is 6.30. The van der Waals surface area contributed by atoms with Crippen LogP contribution >= 0.6 is 12.2 Å². The van der Waals surface area contributed by atoms with Crippen molar-refractivity contribution in [1.29, 1.82) is 0 Å². The molecule has 116 valence electrons. The molecule has 2 rings (SSSR count). The van der Waals surface area contributed by atoms with Crippen LogP contribution in [0.25, 0.3) is 0 Å². The Morgan fingerprint density at radius 1 is 1.20 bits per heavy atom. The highest BCUT2D eigenvalue weighted by Gasteiger charge is 2.41. The van der Waals surface area contributed by atoms with E-state index in [1.54, 1.807) is 4.31 Å². The summed E-state index contributed by atoms with van der Waals surface area (Å²) in [6.45, 7) is 3.11. The minimum Gasteiger partial charge on any atom is -0.392 e. The quantitative estimate of drug-likeness (QED) is 0.809. The summed E-state index contributed by atoms with van der Waals surface area (Å²) >= 11 is 4.92. The number of thiocarbonyl (C=S) groups is 1. The van der Waals surface area contributed by atoms with Gasteiger partial charge in [0.25, 0.3) is 0 Å². The van der Waals surface area contributed by atoms with Gasteiger partial charge in [0, 0.05) is 13.1 Å². The van der Waals surface area contributed by atoms with Crippen molar-refractivity contribution in [3.8, 4) is 0 Å². The molecular weight excluding hydrogens is 292 g/mol. The molecule has 2 N–H and O–H groups in total. The molecule has 0 aromatic rings. The van der Waals surface area contributed by atoms with E-state index < -0.39 is 15.3 Å². The smallest absolute Gasteiger partial charge is 0.223 e. The normalized spacial score (nSPS) is 25.4. The predicted molar refractivity (Wildman–Crippen MR) is 86.1 cm³/mol. The summed E-state index contributed by atoms with van der Waals surface area (Å²) in [5.74, 6) is 0.